The van der Waals surface area contributed by atoms with Crippen LogP contribution in [0.25, 0.3) is 11.0 Å². The van der Waals surface area contributed by atoms with Crippen LogP contribution in [0.2, 0.25) is 0 Å². The molecule has 5 N–H and O–H groups in total. The molecule has 1 fully saturated rings. The quantitative estimate of drug-likeness (QED) is 0.599. The van der Waals surface area contributed by atoms with E-state index in [1.54, 1.807) is 6.07 Å². The molecule has 8 heteroatoms. The summed E-state index contributed by atoms with van der Waals surface area (Å²) in [5.74, 6) is 0.468. The highest BCUT2D eigenvalue weighted by molar-refractivity contribution is 6.07. The number of carbonyl (C=O) groups is 1. The lowest BCUT2D eigenvalue weighted by Gasteiger charge is -2.45. The number of anilines is 2. The number of furan rings is 1. The van der Waals surface area contributed by atoms with Crippen molar-refractivity contribution >= 4 is 40.2 Å². The summed E-state index contributed by atoms with van der Waals surface area (Å²) < 4.78 is 5.67. The molecule has 3 aromatic rings. The van der Waals surface area contributed by atoms with Crippen molar-refractivity contribution in [3.63, 3.8) is 0 Å². The number of hydrogen-bond donors (Lipinski definition) is 3. The molecule has 1 aromatic heterocycles. The average Bonchev–Trinajstić information content (AvgIpc) is 3.18. The Morgan fingerprint density at radius 1 is 1.03 bits per heavy atom. The van der Waals surface area contributed by atoms with Gasteiger partial charge in [-0.2, -0.15) is 4.99 Å². The third-order valence-corrected chi connectivity index (χ3v) is 5.86. The summed E-state index contributed by atoms with van der Waals surface area (Å²) in [6.45, 7) is 0. The van der Waals surface area contributed by atoms with Gasteiger partial charge in [-0.25, -0.2) is 4.99 Å². The van der Waals surface area contributed by atoms with E-state index in [2.05, 4.69) is 10.3 Å². The number of para-hydroxylation sites is 1. The number of benzene rings is 2. The molecule has 2 aliphatic rings. The van der Waals surface area contributed by atoms with Gasteiger partial charge in [0.2, 0.25) is 11.9 Å². The molecule has 1 aliphatic carbocycles. The van der Waals surface area contributed by atoms with Crippen LogP contribution < -0.4 is 21.7 Å². The predicted octanol–water partition coefficient (Wildman–Crippen LogP) is 3.79. The van der Waals surface area contributed by atoms with E-state index in [0.717, 1.165) is 43.2 Å². The van der Waals surface area contributed by atoms with Crippen LogP contribution in [0.4, 0.5) is 11.4 Å². The Morgan fingerprint density at radius 3 is 2.65 bits per heavy atom. The lowest BCUT2D eigenvalue weighted by Crippen LogP contribution is -2.58. The number of amides is 1. The van der Waals surface area contributed by atoms with Crippen LogP contribution in [0.1, 0.15) is 42.7 Å². The van der Waals surface area contributed by atoms with Crippen molar-refractivity contribution in [2.75, 3.05) is 10.2 Å². The molecule has 0 saturated heterocycles. The van der Waals surface area contributed by atoms with E-state index in [4.69, 9.17) is 20.9 Å². The van der Waals surface area contributed by atoms with Gasteiger partial charge in [0.25, 0.3) is 5.91 Å². The third-order valence-electron chi connectivity index (χ3n) is 5.86. The first kappa shape index (κ1) is 19.2. The van der Waals surface area contributed by atoms with Gasteiger partial charge in [-0.1, -0.05) is 30.7 Å². The lowest BCUT2D eigenvalue weighted by molar-refractivity contribution is 0.0998. The summed E-state index contributed by atoms with van der Waals surface area (Å²) >= 11 is 0. The van der Waals surface area contributed by atoms with Gasteiger partial charge in [0.15, 0.2) is 5.76 Å². The Balaban J connectivity index is 1.44. The van der Waals surface area contributed by atoms with Gasteiger partial charge < -0.3 is 21.2 Å². The maximum absolute atomic E-state index is 12.8. The second-order valence-corrected chi connectivity index (χ2v) is 7.97. The topological polar surface area (TPSA) is 122 Å². The molecular weight excluding hydrogens is 392 g/mol. The van der Waals surface area contributed by atoms with Crippen LogP contribution in [0, 0.1) is 0 Å². The van der Waals surface area contributed by atoms with Crippen molar-refractivity contribution in [1.82, 2.24) is 0 Å². The molecule has 8 nitrogen and oxygen atoms in total. The maximum Gasteiger partial charge on any atom is 0.291 e. The summed E-state index contributed by atoms with van der Waals surface area (Å²) in [5, 5.41) is 3.80. The van der Waals surface area contributed by atoms with Gasteiger partial charge in [0, 0.05) is 16.8 Å². The maximum atomic E-state index is 12.8. The SMILES string of the molecule is NC1=NC2(CCCCC2)N(c2cccc(NC(=O)c3cc4ccccc4o3)c2)C(N)=N1. The largest absolute Gasteiger partial charge is 0.451 e. The normalized spacial score (nSPS) is 18.0. The molecule has 1 saturated carbocycles. The molecular formula is C23H24N6O2. The number of fused-ring (bicyclic) bond motifs is 1. The molecule has 158 valence electrons. The molecule has 2 aromatic carbocycles. The first-order valence-electron chi connectivity index (χ1n) is 10.4. The van der Waals surface area contributed by atoms with E-state index in [1.807, 2.05) is 53.4 Å². The van der Waals surface area contributed by atoms with E-state index in [9.17, 15) is 4.79 Å². The molecule has 2 heterocycles. The third kappa shape index (κ3) is 3.50. The minimum Gasteiger partial charge on any atom is -0.451 e. The zero-order chi connectivity index (χ0) is 21.4. The van der Waals surface area contributed by atoms with E-state index >= 15 is 0 Å². The molecule has 31 heavy (non-hydrogen) atoms. The summed E-state index contributed by atoms with van der Waals surface area (Å²) in [6, 6.07) is 16.8. The fraction of sp³-hybridized carbons (Fsp3) is 0.261. The van der Waals surface area contributed by atoms with Crippen LogP contribution in [-0.4, -0.2) is 23.5 Å². The van der Waals surface area contributed by atoms with Crippen LogP contribution in [0.15, 0.2) is 69.0 Å². The Hall–Kier alpha value is -3.81. The number of aliphatic imine (C=N–C) groups is 2. The second kappa shape index (κ2) is 7.46. The molecule has 1 amide bonds. The van der Waals surface area contributed by atoms with Gasteiger partial charge in [0.05, 0.1) is 0 Å². The van der Waals surface area contributed by atoms with Crippen molar-refractivity contribution in [2.24, 2.45) is 21.5 Å². The highest BCUT2D eigenvalue weighted by Gasteiger charge is 2.42. The van der Waals surface area contributed by atoms with E-state index < -0.39 is 5.66 Å². The molecule has 5 rings (SSSR count). The van der Waals surface area contributed by atoms with Crippen molar-refractivity contribution in [2.45, 2.75) is 37.8 Å². The van der Waals surface area contributed by atoms with Crippen LogP contribution in [0.3, 0.4) is 0 Å². The number of hydrogen-bond acceptors (Lipinski definition) is 7. The smallest absolute Gasteiger partial charge is 0.291 e. The standard InChI is InChI=1S/C23H24N6O2/c24-21-27-22(25)29(23(28-21)11-4-1-5-12-23)17-9-6-8-16(14-17)26-20(30)19-13-15-7-2-3-10-18(15)31-19/h2-3,6-10,13-14H,1,4-5,11-12H2,(H,26,30)(H4,24,25,27,28). The number of nitrogens with zero attached hydrogens (tertiary/aromatic N) is 3. The summed E-state index contributed by atoms with van der Waals surface area (Å²) in [4.78, 5) is 23.6. The first-order chi connectivity index (χ1) is 15.0. The van der Waals surface area contributed by atoms with Crippen LogP contribution >= 0.6 is 0 Å². The molecule has 1 aliphatic heterocycles. The fourth-order valence-corrected chi connectivity index (χ4v) is 4.50. The number of rotatable bonds is 3. The number of nitrogens with two attached hydrogens (primary N) is 2. The summed E-state index contributed by atoms with van der Waals surface area (Å²) in [5.41, 5.74) is 13.8. The zero-order valence-corrected chi connectivity index (χ0v) is 17.0. The van der Waals surface area contributed by atoms with Gasteiger partial charge in [-0.05, 0) is 56.0 Å². The number of carbonyl (C=O) groups excluding carboxylic acids is 1. The Kier molecular flexibility index (Phi) is 4.62. The number of nitrogens with one attached hydrogen (secondary N) is 1. The molecule has 0 unspecified atom stereocenters. The van der Waals surface area contributed by atoms with Gasteiger partial charge >= 0.3 is 0 Å². The summed E-state index contributed by atoms with van der Waals surface area (Å²) in [7, 11) is 0. The minimum atomic E-state index is -0.532. The van der Waals surface area contributed by atoms with Crippen molar-refractivity contribution in [1.29, 1.82) is 0 Å². The first-order valence-corrected chi connectivity index (χ1v) is 10.4. The van der Waals surface area contributed by atoms with Crippen LogP contribution in [0.5, 0.6) is 0 Å². The van der Waals surface area contributed by atoms with E-state index in [-0.39, 0.29) is 17.6 Å². The molecule has 0 atom stereocenters. The Labute approximate surface area is 179 Å². The Bertz CT molecular complexity index is 1170. The van der Waals surface area contributed by atoms with Gasteiger partial charge in [-0.3, -0.25) is 9.69 Å². The fourth-order valence-electron chi connectivity index (χ4n) is 4.50. The molecule has 0 radical (unpaired) electrons. The van der Waals surface area contributed by atoms with Gasteiger partial charge in [-0.15, -0.1) is 0 Å². The predicted molar refractivity (Wildman–Crippen MR) is 122 cm³/mol. The zero-order valence-electron chi connectivity index (χ0n) is 17.0. The van der Waals surface area contributed by atoms with Crippen molar-refractivity contribution < 1.29 is 9.21 Å². The summed E-state index contributed by atoms with van der Waals surface area (Å²) in [6.07, 6.45) is 4.95. The molecule has 1 spiro atoms. The second-order valence-electron chi connectivity index (χ2n) is 7.97. The highest BCUT2D eigenvalue weighted by Crippen LogP contribution is 2.40. The lowest BCUT2D eigenvalue weighted by atomic mass is 9.87. The van der Waals surface area contributed by atoms with Crippen LogP contribution in [-0.2, 0) is 0 Å². The van der Waals surface area contributed by atoms with E-state index in [1.165, 1.54) is 0 Å². The average molecular weight is 416 g/mol. The minimum absolute atomic E-state index is 0.213. The Morgan fingerprint density at radius 2 is 1.84 bits per heavy atom. The van der Waals surface area contributed by atoms with Crippen molar-refractivity contribution in [3.05, 3.63) is 60.4 Å². The van der Waals surface area contributed by atoms with Crippen molar-refractivity contribution in [3.8, 4) is 0 Å². The molecule has 0 bridgehead atoms. The van der Waals surface area contributed by atoms with E-state index in [0.29, 0.717) is 17.2 Å². The highest BCUT2D eigenvalue weighted by atomic mass is 16.3. The van der Waals surface area contributed by atoms with Gasteiger partial charge in [0.1, 0.15) is 11.2 Å². The monoisotopic (exact) mass is 416 g/mol. The number of guanidine groups is 2.